The Bertz CT molecular complexity index is 694. The molecule has 0 saturated carbocycles. The molecule has 0 fully saturated rings. The van der Waals surface area contributed by atoms with E-state index in [0.717, 1.165) is 11.1 Å². The Hall–Kier alpha value is -1.84. The van der Waals surface area contributed by atoms with Crippen LogP contribution in [0, 0.1) is 6.92 Å². The first-order valence-corrected chi connectivity index (χ1v) is 7.09. The second-order valence-electron chi connectivity index (χ2n) is 4.63. The number of nitrogens with one attached hydrogen (secondary N) is 1. The van der Waals surface area contributed by atoms with Gasteiger partial charge in [-0.2, -0.15) is 5.10 Å². The third kappa shape index (κ3) is 4.06. The number of hydrazone groups is 1. The van der Waals surface area contributed by atoms with Crippen molar-refractivity contribution >= 4 is 34.8 Å². The van der Waals surface area contributed by atoms with Crippen LogP contribution in [0.15, 0.2) is 47.6 Å². The van der Waals surface area contributed by atoms with E-state index in [0.29, 0.717) is 21.3 Å². The summed E-state index contributed by atoms with van der Waals surface area (Å²) < 4.78 is 0. The van der Waals surface area contributed by atoms with E-state index in [-0.39, 0.29) is 5.91 Å². The number of amides is 1. The predicted molar refractivity (Wildman–Crippen MR) is 87.3 cm³/mol. The molecule has 2 rings (SSSR count). The van der Waals surface area contributed by atoms with Gasteiger partial charge in [-0.05, 0) is 43.7 Å². The second kappa shape index (κ2) is 6.74. The topological polar surface area (TPSA) is 41.5 Å². The van der Waals surface area contributed by atoms with Gasteiger partial charge >= 0.3 is 0 Å². The van der Waals surface area contributed by atoms with E-state index in [4.69, 9.17) is 23.2 Å². The highest BCUT2D eigenvalue weighted by Gasteiger charge is 2.05. The quantitative estimate of drug-likeness (QED) is 0.658. The molecule has 2 aromatic carbocycles. The number of benzene rings is 2. The highest BCUT2D eigenvalue weighted by molar-refractivity contribution is 6.42. The predicted octanol–water partition coefficient (Wildman–Crippen LogP) is 4.46. The maximum Gasteiger partial charge on any atom is 0.271 e. The molecule has 0 aromatic heterocycles. The molecule has 3 nitrogen and oxygen atoms in total. The van der Waals surface area contributed by atoms with Crippen molar-refractivity contribution in [1.29, 1.82) is 0 Å². The van der Waals surface area contributed by atoms with Crippen molar-refractivity contribution < 1.29 is 4.79 Å². The van der Waals surface area contributed by atoms with Gasteiger partial charge in [-0.1, -0.05) is 47.0 Å². The third-order valence-corrected chi connectivity index (χ3v) is 3.72. The van der Waals surface area contributed by atoms with Crippen molar-refractivity contribution in [1.82, 2.24) is 5.43 Å². The normalized spacial score (nSPS) is 11.3. The lowest BCUT2D eigenvalue weighted by Gasteiger charge is -2.04. The first kappa shape index (κ1) is 15.5. The molecular formula is C16H14Cl2N2O. The first-order chi connectivity index (χ1) is 9.97. The zero-order chi connectivity index (χ0) is 15.4. The molecule has 21 heavy (non-hydrogen) atoms. The van der Waals surface area contributed by atoms with Crippen LogP contribution in [-0.4, -0.2) is 11.6 Å². The van der Waals surface area contributed by atoms with Gasteiger partial charge < -0.3 is 0 Å². The summed E-state index contributed by atoms with van der Waals surface area (Å²) in [7, 11) is 0. The maximum atomic E-state index is 11.9. The van der Waals surface area contributed by atoms with Crippen molar-refractivity contribution in [2.75, 3.05) is 0 Å². The van der Waals surface area contributed by atoms with Gasteiger partial charge in [0.15, 0.2) is 0 Å². The van der Waals surface area contributed by atoms with Gasteiger partial charge in [0.1, 0.15) is 0 Å². The molecule has 0 unspecified atom stereocenters. The van der Waals surface area contributed by atoms with Gasteiger partial charge in [-0.3, -0.25) is 4.79 Å². The molecule has 1 N–H and O–H groups in total. The maximum absolute atomic E-state index is 11.9. The van der Waals surface area contributed by atoms with Crippen LogP contribution in [0.5, 0.6) is 0 Å². The summed E-state index contributed by atoms with van der Waals surface area (Å²) in [4.78, 5) is 11.9. The van der Waals surface area contributed by atoms with Crippen LogP contribution in [0.2, 0.25) is 10.0 Å². The third-order valence-electron chi connectivity index (χ3n) is 2.98. The van der Waals surface area contributed by atoms with Crippen LogP contribution in [-0.2, 0) is 0 Å². The number of nitrogens with zero attached hydrogens (tertiary/aromatic N) is 1. The standard InChI is InChI=1S/C16H14Cl2N2O/c1-10-3-5-12(6-4-10)16(21)20-19-11(2)13-7-8-14(17)15(18)9-13/h3-9H,1-2H3,(H,20,21)/b19-11+. The fraction of sp³-hybridized carbons (Fsp3) is 0.125. The van der Waals surface area contributed by atoms with Crippen LogP contribution in [0.4, 0.5) is 0 Å². The van der Waals surface area contributed by atoms with E-state index in [2.05, 4.69) is 10.5 Å². The molecule has 0 aliphatic rings. The van der Waals surface area contributed by atoms with Crippen molar-refractivity contribution in [3.63, 3.8) is 0 Å². The monoisotopic (exact) mass is 320 g/mol. The van der Waals surface area contributed by atoms with Crippen molar-refractivity contribution in [3.05, 3.63) is 69.2 Å². The van der Waals surface area contributed by atoms with E-state index >= 15 is 0 Å². The lowest BCUT2D eigenvalue weighted by Crippen LogP contribution is -2.19. The van der Waals surface area contributed by atoms with E-state index in [9.17, 15) is 4.79 Å². The minimum absolute atomic E-state index is 0.255. The van der Waals surface area contributed by atoms with Crippen LogP contribution < -0.4 is 5.43 Å². The molecule has 0 radical (unpaired) electrons. The minimum Gasteiger partial charge on any atom is -0.267 e. The number of rotatable bonds is 3. The molecule has 5 heteroatoms. The molecular weight excluding hydrogens is 307 g/mol. The summed E-state index contributed by atoms with van der Waals surface area (Å²) in [5.41, 5.74) is 5.63. The largest absolute Gasteiger partial charge is 0.271 e. The van der Waals surface area contributed by atoms with Crippen LogP contribution in [0.3, 0.4) is 0 Å². The summed E-state index contributed by atoms with van der Waals surface area (Å²) >= 11 is 11.8. The molecule has 1 amide bonds. The molecule has 2 aromatic rings. The second-order valence-corrected chi connectivity index (χ2v) is 5.45. The zero-order valence-corrected chi connectivity index (χ0v) is 13.2. The van der Waals surface area contributed by atoms with Gasteiger partial charge in [0, 0.05) is 5.56 Å². The Morgan fingerprint density at radius 3 is 2.24 bits per heavy atom. The fourth-order valence-corrected chi connectivity index (χ4v) is 1.99. The molecule has 0 heterocycles. The van der Waals surface area contributed by atoms with E-state index < -0.39 is 0 Å². The van der Waals surface area contributed by atoms with Crippen LogP contribution >= 0.6 is 23.2 Å². The lowest BCUT2D eigenvalue weighted by molar-refractivity contribution is 0.0955. The molecule has 0 atom stereocenters. The molecule has 108 valence electrons. The average Bonchev–Trinajstić information content (AvgIpc) is 2.48. The van der Waals surface area contributed by atoms with E-state index in [1.165, 1.54) is 0 Å². The molecule has 0 aliphatic carbocycles. The summed E-state index contributed by atoms with van der Waals surface area (Å²) in [6.07, 6.45) is 0. The molecule has 0 aliphatic heterocycles. The van der Waals surface area contributed by atoms with E-state index in [1.54, 1.807) is 37.3 Å². The van der Waals surface area contributed by atoms with Gasteiger partial charge in [0.25, 0.3) is 5.91 Å². The first-order valence-electron chi connectivity index (χ1n) is 6.34. The number of halogens is 2. The average molecular weight is 321 g/mol. The Morgan fingerprint density at radius 2 is 1.62 bits per heavy atom. The van der Waals surface area contributed by atoms with Crippen LogP contribution in [0.1, 0.15) is 28.4 Å². The number of carbonyl (C=O) groups is 1. The summed E-state index contributed by atoms with van der Waals surface area (Å²) in [5.74, 6) is -0.255. The number of hydrogen-bond donors (Lipinski definition) is 1. The Labute approximate surface area is 133 Å². The zero-order valence-electron chi connectivity index (χ0n) is 11.7. The summed E-state index contributed by atoms with van der Waals surface area (Å²) in [6.45, 7) is 3.75. The highest BCUT2D eigenvalue weighted by Crippen LogP contribution is 2.22. The van der Waals surface area contributed by atoms with Crippen LogP contribution in [0.25, 0.3) is 0 Å². The van der Waals surface area contributed by atoms with Crippen molar-refractivity contribution in [2.45, 2.75) is 13.8 Å². The number of aryl methyl sites for hydroxylation is 1. The van der Waals surface area contributed by atoms with Gasteiger partial charge in [0.2, 0.25) is 0 Å². The Balaban J connectivity index is 2.10. The van der Waals surface area contributed by atoms with Gasteiger partial charge in [-0.25, -0.2) is 5.43 Å². The number of hydrogen-bond acceptors (Lipinski definition) is 2. The van der Waals surface area contributed by atoms with Crippen molar-refractivity contribution in [3.8, 4) is 0 Å². The highest BCUT2D eigenvalue weighted by atomic mass is 35.5. The SMILES string of the molecule is C/C(=N\NC(=O)c1ccc(C)cc1)c1ccc(Cl)c(Cl)c1. The van der Waals surface area contributed by atoms with Gasteiger partial charge in [-0.15, -0.1) is 0 Å². The molecule has 0 saturated heterocycles. The van der Waals surface area contributed by atoms with Gasteiger partial charge in [0.05, 0.1) is 15.8 Å². The lowest BCUT2D eigenvalue weighted by atomic mass is 10.1. The van der Waals surface area contributed by atoms with Crippen molar-refractivity contribution in [2.24, 2.45) is 5.10 Å². The molecule has 0 bridgehead atoms. The van der Waals surface area contributed by atoms with E-state index in [1.807, 2.05) is 19.1 Å². The smallest absolute Gasteiger partial charge is 0.267 e. The summed E-state index contributed by atoms with van der Waals surface area (Å²) in [6, 6.07) is 12.5. The summed E-state index contributed by atoms with van der Waals surface area (Å²) in [5, 5.41) is 5.01. The Kier molecular flexibility index (Phi) is 4.99. The minimum atomic E-state index is -0.255. The fourth-order valence-electron chi connectivity index (χ4n) is 1.69. The Morgan fingerprint density at radius 1 is 1.00 bits per heavy atom. The number of carbonyl (C=O) groups excluding carboxylic acids is 1. The molecule has 0 spiro atoms.